The molecule has 2 atom stereocenters. The molecule has 3 aromatic rings. The van der Waals surface area contributed by atoms with Crippen LogP contribution in [0.15, 0.2) is 71.6 Å². The number of carbonyl (C=O) groups is 2. The van der Waals surface area contributed by atoms with E-state index in [4.69, 9.17) is 21.1 Å². The van der Waals surface area contributed by atoms with Gasteiger partial charge in [-0.25, -0.2) is 12.8 Å². The summed E-state index contributed by atoms with van der Waals surface area (Å²) in [6, 6.07) is 14.5. The van der Waals surface area contributed by atoms with Crippen LogP contribution in [0.1, 0.15) is 32.8 Å². The molecule has 0 aliphatic rings. The summed E-state index contributed by atoms with van der Waals surface area (Å²) < 4.78 is 53.2. The fraction of sp³-hybridized carbons (Fsp3) is 0.333. The van der Waals surface area contributed by atoms with Crippen molar-refractivity contribution in [2.24, 2.45) is 0 Å². The van der Waals surface area contributed by atoms with Crippen LogP contribution < -0.4 is 19.1 Å². The van der Waals surface area contributed by atoms with Gasteiger partial charge in [0.1, 0.15) is 18.4 Å². The van der Waals surface area contributed by atoms with Crippen molar-refractivity contribution >= 4 is 39.1 Å². The Balaban J connectivity index is 2.06. The minimum atomic E-state index is -4.40. The van der Waals surface area contributed by atoms with Crippen LogP contribution >= 0.6 is 11.6 Å². The summed E-state index contributed by atoms with van der Waals surface area (Å²) in [4.78, 5) is 28.2. The molecule has 42 heavy (non-hydrogen) atoms. The average molecular weight is 620 g/mol. The van der Waals surface area contributed by atoms with Crippen LogP contribution in [0.4, 0.5) is 10.1 Å². The summed E-state index contributed by atoms with van der Waals surface area (Å²) in [5.41, 5.74) is 0.703. The lowest BCUT2D eigenvalue weighted by molar-refractivity contribution is -0.139. The highest BCUT2D eigenvalue weighted by molar-refractivity contribution is 7.92. The van der Waals surface area contributed by atoms with E-state index in [9.17, 15) is 22.4 Å². The van der Waals surface area contributed by atoms with E-state index in [0.29, 0.717) is 22.8 Å². The van der Waals surface area contributed by atoms with Gasteiger partial charge in [-0.3, -0.25) is 13.9 Å². The Labute approximate surface area is 251 Å². The van der Waals surface area contributed by atoms with Crippen LogP contribution in [-0.2, 0) is 26.2 Å². The molecule has 0 aromatic heterocycles. The van der Waals surface area contributed by atoms with Gasteiger partial charge in [0.2, 0.25) is 11.8 Å². The molecule has 0 aliphatic carbocycles. The number of hydrogen-bond acceptors (Lipinski definition) is 6. The monoisotopic (exact) mass is 619 g/mol. The first-order valence-corrected chi connectivity index (χ1v) is 15.1. The predicted molar refractivity (Wildman–Crippen MR) is 160 cm³/mol. The van der Waals surface area contributed by atoms with Gasteiger partial charge in [-0.05, 0) is 74.4 Å². The Morgan fingerprint density at radius 1 is 0.976 bits per heavy atom. The zero-order valence-electron chi connectivity index (χ0n) is 24.1. The molecule has 0 unspecified atom stereocenters. The van der Waals surface area contributed by atoms with Crippen molar-refractivity contribution in [1.29, 1.82) is 0 Å². The molecule has 2 amide bonds. The van der Waals surface area contributed by atoms with Crippen LogP contribution in [0.25, 0.3) is 0 Å². The molecular formula is C30H35ClFN3O6S. The topological polar surface area (TPSA) is 105 Å². The molecule has 12 heteroatoms. The van der Waals surface area contributed by atoms with E-state index < -0.39 is 40.2 Å². The lowest BCUT2D eigenvalue weighted by atomic mass is 10.1. The smallest absolute Gasteiger partial charge is 0.264 e. The van der Waals surface area contributed by atoms with Gasteiger partial charge in [-0.15, -0.1) is 0 Å². The van der Waals surface area contributed by atoms with Gasteiger partial charge >= 0.3 is 0 Å². The van der Waals surface area contributed by atoms with Crippen molar-refractivity contribution in [3.63, 3.8) is 0 Å². The number of ether oxygens (including phenoxy) is 2. The molecule has 0 bridgehead atoms. The number of halogens is 2. The van der Waals surface area contributed by atoms with Crippen LogP contribution in [0, 0.1) is 5.82 Å². The van der Waals surface area contributed by atoms with Gasteiger partial charge in [0.25, 0.3) is 10.0 Å². The number of benzene rings is 3. The molecule has 0 saturated heterocycles. The first-order chi connectivity index (χ1) is 19.9. The van der Waals surface area contributed by atoms with Crippen LogP contribution in [0.2, 0.25) is 5.02 Å². The molecule has 0 fully saturated rings. The standard InChI is InChI=1S/C30H35ClFN3O6S/c1-6-20(2)33-30(37)21(3)34(18-22-8-7-9-23(31)16-22)29(36)19-35(25-12-10-24(32)11-13-25)42(38,39)26-14-15-27(40-4)28(17-26)41-5/h7-17,20-21H,6,18-19H2,1-5H3,(H,33,37)/t20-,21+/m0/s1. The number of sulfonamides is 1. The van der Waals surface area contributed by atoms with Gasteiger partial charge in [0.15, 0.2) is 11.5 Å². The largest absolute Gasteiger partial charge is 0.493 e. The van der Waals surface area contributed by atoms with Crippen LogP contribution in [0.5, 0.6) is 11.5 Å². The quantitative estimate of drug-likeness (QED) is 0.288. The lowest BCUT2D eigenvalue weighted by Gasteiger charge is -2.32. The third-order valence-electron chi connectivity index (χ3n) is 6.75. The number of amides is 2. The molecule has 9 nitrogen and oxygen atoms in total. The van der Waals surface area contributed by atoms with Gasteiger partial charge in [0, 0.05) is 23.7 Å². The molecule has 226 valence electrons. The maximum atomic E-state index is 14.0. The second-order valence-electron chi connectivity index (χ2n) is 9.65. The second kappa shape index (κ2) is 14.4. The lowest BCUT2D eigenvalue weighted by Crippen LogP contribution is -2.52. The van der Waals surface area contributed by atoms with Gasteiger partial charge in [-0.1, -0.05) is 30.7 Å². The summed E-state index contributed by atoms with van der Waals surface area (Å²) in [6.45, 7) is 4.65. The highest BCUT2D eigenvalue weighted by Gasteiger charge is 2.33. The average Bonchev–Trinajstić information content (AvgIpc) is 2.98. The van der Waals surface area contributed by atoms with E-state index in [1.165, 1.54) is 49.5 Å². The van der Waals surface area contributed by atoms with Crippen LogP contribution in [0.3, 0.4) is 0 Å². The number of rotatable bonds is 13. The van der Waals surface area contributed by atoms with E-state index in [-0.39, 0.29) is 28.9 Å². The first kappa shape index (κ1) is 32.7. The number of anilines is 1. The number of nitrogens with one attached hydrogen (secondary N) is 1. The van der Waals surface area contributed by atoms with E-state index in [1.807, 2.05) is 13.8 Å². The number of methoxy groups -OCH3 is 2. The molecule has 3 rings (SSSR count). The minimum absolute atomic E-state index is 0.0118. The number of hydrogen-bond donors (Lipinski definition) is 1. The molecule has 1 N–H and O–H groups in total. The zero-order valence-corrected chi connectivity index (χ0v) is 25.7. The summed E-state index contributed by atoms with van der Waals surface area (Å²) >= 11 is 6.17. The fourth-order valence-electron chi connectivity index (χ4n) is 4.12. The third-order valence-corrected chi connectivity index (χ3v) is 8.75. The highest BCUT2D eigenvalue weighted by Crippen LogP contribution is 2.32. The second-order valence-corrected chi connectivity index (χ2v) is 11.9. The van der Waals surface area contributed by atoms with Crippen molar-refractivity contribution in [2.45, 2.75) is 50.7 Å². The van der Waals surface area contributed by atoms with E-state index in [2.05, 4.69) is 5.32 Å². The van der Waals surface area contributed by atoms with Crippen molar-refractivity contribution in [3.8, 4) is 11.5 Å². The Hall–Kier alpha value is -3.83. The van der Waals surface area contributed by atoms with Gasteiger partial charge in [-0.2, -0.15) is 0 Å². The zero-order chi connectivity index (χ0) is 31.0. The van der Waals surface area contributed by atoms with Crippen molar-refractivity contribution in [2.75, 3.05) is 25.1 Å². The Morgan fingerprint density at radius 2 is 1.64 bits per heavy atom. The molecule has 0 aliphatic heterocycles. The van der Waals surface area contributed by atoms with E-state index >= 15 is 0 Å². The van der Waals surface area contributed by atoms with Crippen molar-refractivity contribution in [3.05, 3.63) is 83.1 Å². The number of nitrogens with zero attached hydrogens (tertiary/aromatic N) is 2. The third kappa shape index (κ3) is 7.92. The Kier molecular flexibility index (Phi) is 11.2. The van der Waals surface area contributed by atoms with Crippen LogP contribution in [-0.4, -0.2) is 58.0 Å². The summed E-state index contributed by atoms with van der Waals surface area (Å²) in [5, 5.41) is 3.32. The summed E-state index contributed by atoms with van der Waals surface area (Å²) in [5.74, 6) is -1.14. The molecule has 0 heterocycles. The van der Waals surface area contributed by atoms with E-state index in [1.54, 1.807) is 31.2 Å². The fourth-order valence-corrected chi connectivity index (χ4v) is 5.76. The summed E-state index contributed by atoms with van der Waals surface area (Å²) in [7, 11) is -1.61. The highest BCUT2D eigenvalue weighted by atomic mass is 35.5. The Morgan fingerprint density at radius 3 is 2.24 bits per heavy atom. The summed E-state index contributed by atoms with van der Waals surface area (Å²) in [6.07, 6.45) is 0.683. The first-order valence-electron chi connectivity index (χ1n) is 13.3. The number of carbonyl (C=O) groups excluding carboxylic acids is 2. The Bertz CT molecular complexity index is 1500. The molecule has 3 aromatic carbocycles. The minimum Gasteiger partial charge on any atom is -0.493 e. The van der Waals surface area contributed by atoms with Gasteiger partial charge < -0.3 is 19.7 Å². The van der Waals surface area contributed by atoms with Crippen molar-refractivity contribution < 1.29 is 31.9 Å². The maximum Gasteiger partial charge on any atom is 0.264 e. The van der Waals surface area contributed by atoms with Crippen molar-refractivity contribution in [1.82, 2.24) is 10.2 Å². The predicted octanol–water partition coefficient (Wildman–Crippen LogP) is 5.02. The molecular weight excluding hydrogens is 585 g/mol. The van der Waals surface area contributed by atoms with E-state index in [0.717, 1.165) is 16.4 Å². The normalized spacial score (nSPS) is 12.6. The SMILES string of the molecule is CC[C@H](C)NC(=O)[C@@H](C)N(Cc1cccc(Cl)c1)C(=O)CN(c1ccc(F)cc1)S(=O)(=O)c1ccc(OC)c(OC)c1. The molecule has 0 spiro atoms. The molecule has 0 radical (unpaired) electrons. The van der Waals surface area contributed by atoms with Gasteiger partial charge in [0.05, 0.1) is 24.8 Å². The molecule has 0 saturated carbocycles. The maximum absolute atomic E-state index is 14.0.